The summed E-state index contributed by atoms with van der Waals surface area (Å²) in [7, 11) is 0. The van der Waals surface area contributed by atoms with Gasteiger partial charge in [0.05, 0.1) is 5.56 Å². The summed E-state index contributed by atoms with van der Waals surface area (Å²) in [4.78, 5) is 12.2. The van der Waals surface area contributed by atoms with Gasteiger partial charge in [-0.25, -0.2) is 0 Å². The molecule has 1 aromatic rings. The molecule has 1 aromatic carbocycles. The van der Waals surface area contributed by atoms with Crippen molar-refractivity contribution in [3.8, 4) is 0 Å². The first-order chi connectivity index (χ1) is 8.61. The van der Waals surface area contributed by atoms with Crippen molar-refractivity contribution in [2.24, 2.45) is 5.92 Å². The van der Waals surface area contributed by atoms with Crippen LogP contribution >= 0.6 is 39.1 Å². The Morgan fingerprint density at radius 3 is 2.94 bits per heavy atom. The highest BCUT2D eigenvalue weighted by atomic mass is 79.9. The molecular weight excluding hydrogens is 337 g/mol. The van der Waals surface area contributed by atoms with Crippen LogP contribution in [0.1, 0.15) is 29.6 Å². The molecule has 0 aromatic heterocycles. The van der Waals surface area contributed by atoms with E-state index in [0.717, 1.165) is 23.7 Å². The van der Waals surface area contributed by atoms with Crippen LogP contribution in [0.5, 0.6) is 0 Å². The molecule has 2 nitrogen and oxygen atoms in total. The predicted molar refractivity (Wildman–Crippen MR) is 78.5 cm³/mol. The largest absolute Gasteiger partial charge is 0.349 e. The number of alkyl halides is 1. The van der Waals surface area contributed by atoms with Gasteiger partial charge in [-0.05, 0) is 52.9 Å². The average molecular weight is 351 g/mol. The van der Waals surface area contributed by atoms with E-state index in [1.807, 2.05) is 0 Å². The van der Waals surface area contributed by atoms with Crippen molar-refractivity contribution >= 4 is 45.0 Å². The molecule has 0 saturated heterocycles. The van der Waals surface area contributed by atoms with E-state index in [9.17, 15) is 4.79 Å². The normalized spacial score (nSPS) is 23.1. The van der Waals surface area contributed by atoms with Gasteiger partial charge >= 0.3 is 0 Å². The monoisotopic (exact) mass is 349 g/mol. The zero-order valence-corrected chi connectivity index (χ0v) is 12.9. The second-order valence-electron chi connectivity index (χ2n) is 4.55. The van der Waals surface area contributed by atoms with Crippen LogP contribution in [-0.2, 0) is 0 Å². The Bertz CT molecular complexity index is 453. The lowest BCUT2D eigenvalue weighted by molar-refractivity contribution is 0.0929. The summed E-state index contributed by atoms with van der Waals surface area (Å²) in [5.41, 5.74) is 0.572. The fraction of sp³-hybridized carbons (Fsp3) is 0.462. The first-order valence-electron chi connectivity index (χ1n) is 5.93. The summed E-state index contributed by atoms with van der Waals surface area (Å²) in [6, 6.07) is 5.39. The maximum absolute atomic E-state index is 12.2. The molecule has 1 aliphatic carbocycles. The zero-order chi connectivity index (χ0) is 13.1. The number of halogens is 3. The Hall–Kier alpha value is -0.250. The molecule has 18 heavy (non-hydrogen) atoms. The number of benzene rings is 1. The second-order valence-corrected chi connectivity index (χ2v) is 6.15. The highest BCUT2D eigenvalue weighted by molar-refractivity contribution is 9.10. The standard InChI is InChI=1S/C13H14BrCl2NO/c14-11-5-4-9(16)6-10(11)13(18)17-12-3-1-2-8(12)7-15/h4-6,8,12H,1-3,7H2,(H,17,18). The molecule has 0 spiro atoms. The van der Waals surface area contributed by atoms with Crippen molar-refractivity contribution in [1.29, 1.82) is 0 Å². The summed E-state index contributed by atoms with van der Waals surface area (Å²) < 4.78 is 0.754. The van der Waals surface area contributed by atoms with E-state index in [-0.39, 0.29) is 11.9 Å². The highest BCUT2D eigenvalue weighted by Gasteiger charge is 2.28. The Morgan fingerprint density at radius 2 is 2.22 bits per heavy atom. The maximum atomic E-state index is 12.2. The smallest absolute Gasteiger partial charge is 0.252 e. The van der Waals surface area contributed by atoms with Crippen molar-refractivity contribution in [3.05, 3.63) is 33.3 Å². The van der Waals surface area contributed by atoms with E-state index < -0.39 is 0 Å². The molecule has 1 amide bonds. The number of nitrogens with one attached hydrogen (secondary N) is 1. The molecule has 1 fully saturated rings. The molecule has 98 valence electrons. The summed E-state index contributed by atoms with van der Waals surface area (Å²) in [6.45, 7) is 0. The number of hydrogen-bond donors (Lipinski definition) is 1. The molecule has 0 bridgehead atoms. The van der Waals surface area contributed by atoms with E-state index in [2.05, 4.69) is 21.2 Å². The van der Waals surface area contributed by atoms with E-state index in [1.54, 1.807) is 18.2 Å². The highest BCUT2D eigenvalue weighted by Crippen LogP contribution is 2.28. The molecule has 2 atom stereocenters. The van der Waals surface area contributed by atoms with Gasteiger partial charge in [-0.15, -0.1) is 11.6 Å². The number of amides is 1. The van der Waals surface area contributed by atoms with Gasteiger partial charge in [0.2, 0.25) is 0 Å². The Morgan fingerprint density at radius 1 is 1.44 bits per heavy atom. The lowest BCUT2D eigenvalue weighted by Gasteiger charge is -2.19. The Kier molecular flexibility index (Phi) is 4.93. The van der Waals surface area contributed by atoms with E-state index in [1.165, 1.54) is 0 Å². The fourth-order valence-corrected chi connectivity index (χ4v) is 3.30. The van der Waals surface area contributed by atoms with Crippen LogP contribution in [0.15, 0.2) is 22.7 Å². The molecule has 5 heteroatoms. The fourth-order valence-electron chi connectivity index (χ4n) is 2.33. The molecule has 0 heterocycles. The number of rotatable bonds is 3. The molecule has 0 aliphatic heterocycles. The molecule has 1 N–H and O–H groups in total. The number of carbonyl (C=O) groups is 1. The third kappa shape index (κ3) is 3.19. The van der Waals surface area contributed by atoms with Crippen LogP contribution in [0.25, 0.3) is 0 Å². The van der Waals surface area contributed by atoms with Crippen LogP contribution in [-0.4, -0.2) is 17.8 Å². The van der Waals surface area contributed by atoms with Gasteiger partial charge in [-0.3, -0.25) is 4.79 Å². The molecule has 2 rings (SSSR count). The number of hydrogen-bond acceptors (Lipinski definition) is 1. The predicted octanol–water partition coefficient (Wildman–Crippen LogP) is 4.24. The van der Waals surface area contributed by atoms with E-state index >= 15 is 0 Å². The van der Waals surface area contributed by atoms with Crippen LogP contribution in [0.4, 0.5) is 0 Å². The van der Waals surface area contributed by atoms with Crippen LogP contribution in [0.2, 0.25) is 5.02 Å². The molecule has 1 aliphatic rings. The van der Waals surface area contributed by atoms with Crippen molar-refractivity contribution in [3.63, 3.8) is 0 Å². The van der Waals surface area contributed by atoms with E-state index in [0.29, 0.717) is 22.4 Å². The Labute approximate surface area is 125 Å². The third-order valence-corrected chi connectivity index (χ3v) is 4.67. The van der Waals surface area contributed by atoms with Crippen molar-refractivity contribution in [2.75, 3.05) is 5.88 Å². The molecule has 1 saturated carbocycles. The van der Waals surface area contributed by atoms with E-state index in [4.69, 9.17) is 23.2 Å². The van der Waals surface area contributed by atoms with Gasteiger partial charge in [0.1, 0.15) is 0 Å². The summed E-state index contributed by atoms with van der Waals surface area (Å²) in [5.74, 6) is 0.891. The summed E-state index contributed by atoms with van der Waals surface area (Å²) >= 11 is 15.2. The maximum Gasteiger partial charge on any atom is 0.252 e. The quantitative estimate of drug-likeness (QED) is 0.811. The minimum absolute atomic E-state index is 0.0913. The topological polar surface area (TPSA) is 29.1 Å². The SMILES string of the molecule is O=C(NC1CCCC1CCl)c1cc(Cl)ccc1Br. The van der Waals surface area contributed by atoms with Crippen molar-refractivity contribution in [1.82, 2.24) is 5.32 Å². The zero-order valence-electron chi connectivity index (χ0n) is 9.76. The van der Waals surface area contributed by atoms with Crippen molar-refractivity contribution < 1.29 is 4.79 Å². The molecular formula is C13H14BrCl2NO. The van der Waals surface area contributed by atoms with Gasteiger partial charge in [-0.2, -0.15) is 0 Å². The minimum atomic E-state index is -0.0913. The van der Waals surface area contributed by atoms with Crippen LogP contribution in [0, 0.1) is 5.92 Å². The second kappa shape index (κ2) is 6.27. The third-order valence-electron chi connectivity index (χ3n) is 3.35. The Balaban J connectivity index is 2.09. The lowest BCUT2D eigenvalue weighted by Crippen LogP contribution is -2.38. The number of carbonyl (C=O) groups excluding carboxylic acids is 1. The van der Waals surface area contributed by atoms with Gasteiger partial charge in [0, 0.05) is 21.4 Å². The van der Waals surface area contributed by atoms with Gasteiger partial charge in [0.25, 0.3) is 5.91 Å². The lowest BCUT2D eigenvalue weighted by atomic mass is 10.1. The van der Waals surface area contributed by atoms with Gasteiger partial charge in [-0.1, -0.05) is 18.0 Å². The van der Waals surface area contributed by atoms with Gasteiger partial charge < -0.3 is 5.32 Å². The summed E-state index contributed by atoms with van der Waals surface area (Å²) in [6.07, 6.45) is 3.21. The minimum Gasteiger partial charge on any atom is -0.349 e. The first kappa shape index (κ1) is 14.2. The summed E-state index contributed by atoms with van der Waals surface area (Å²) in [5, 5.41) is 3.61. The molecule has 0 radical (unpaired) electrons. The van der Waals surface area contributed by atoms with Gasteiger partial charge in [0.15, 0.2) is 0 Å². The average Bonchev–Trinajstić information content (AvgIpc) is 2.79. The van der Waals surface area contributed by atoms with Crippen LogP contribution < -0.4 is 5.32 Å². The first-order valence-corrected chi connectivity index (χ1v) is 7.64. The van der Waals surface area contributed by atoms with Crippen molar-refractivity contribution in [2.45, 2.75) is 25.3 Å². The van der Waals surface area contributed by atoms with Crippen LogP contribution in [0.3, 0.4) is 0 Å². The molecule has 2 unspecified atom stereocenters.